The number of fused-ring (bicyclic) bond motifs is 6. The Bertz CT molecular complexity index is 2790. The molecule has 10 rings (SSSR count). The van der Waals surface area contributed by atoms with Crippen LogP contribution in [0.15, 0.2) is 188 Å². The molecule has 0 bridgehead atoms. The first kappa shape index (κ1) is 31.5. The summed E-state index contributed by atoms with van der Waals surface area (Å²) in [7, 11) is 0. The Kier molecular flexibility index (Phi) is 7.42. The highest BCUT2D eigenvalue weighted by molar-refractivity contribution is 7.25. The van der Waals surface area contributed by atoms with Gasteiger partial charge in [0.2, 0.25) is 0 Å². The second kappa shape index (κ2) is 12.5. The second-order valence-electron chi connectivity index (χ2n) is 14.5. The van der Waals surface area contributed by atoms with Crippen molar-refractivity contribution in [3.05, 3.63) is 199 Å². The van der Waals surface area contributed by atoms with Gasteiger partial charge in [0.1, 0.15) is 0 Å². The van der Waals surface area contributed by atoms with Crippen molar-refractivity contribution < 1.29 is 0 Å². The molecule has 1 aliphatic carbocycles. The van der Waals surface area contributed by atoms with Crippen molar-refractivity contribution in [1.82, 2.24) is 0 Å². The molecule has 53 heavy (non-hydrogen) atoms. The normalized spacial score (nSPS) is 12.9. The highest BCUT2D eigenvalue weighted by atomic mass is 32.1. The third kappa shape index (κ3) is 5.21. The van der Waals surface area contributed by atoms with Crippen molar-refractivity contribution in [3.63, 3.8) is 0 Å². The van der Waals surface area contributed by atoms with Crippen LogP contribution in [0.2, 0.25) is 0 Å². The molecule has 0 saturated carbocycles. The number of hydrogen-bond acceptors (Lipinski definition) is 2. The van der Waals surface area contributed by atoms with Gasteiger partial charge in [-0.1, -0.05) is 159 Å². The predicted molar refractivity (Wildman–Crippen MR) is 228 cm³/mol. The van der Waals surface area contributed by atoms with E-state index >= 15 is 0 Å². The third-order valence-electron chi connectivity index (χ3n) is 11.1. The van der Waals surface area contributed by atoms with E-state index < -0.39 is 0 Å². The van der Waals surface area contributed by atoms with E-state index in [0.29, 0.717) is 0 Å². The Balaban J connectivity index is 1.14. The minimum Gasteiger partial charge on any atom is -0.310 e. The summed E-state index contributed by atoms with van der Waals surface area (Å²) in [6, 6.07) is 69.1. The summed E-state index contributed by atoms with van der Waals surface area (Å²) in [6.07, 6.45) is 0. The molecule has 0 amide bonds. The van der Waals surface area contributed by atoms with E-state index in [1.807, 2.05) is 11.3 Å². The molecular weight excluding hydrogens is 659 g/mol. The fourth-order valence-electron chi connectivity index (χ4n) is 8.46. The van der Waals surface area contributed by atoms with E-state index in [2.05, 4.69) is 207 Å². The molecule has 9 aromatic rings. The lowest BCUT2D eigenvalue weighted by Gasteiger charge is -2.29. The van der Waals surface area contributed by atoms with Gasteiger partial charge in [-0.2, -0.15) is 0 Å². The number of benzene rings is 8. The molecule has 1 aliphatic rings. The van der Waals surface area contributed by atoms with E-state index in [1.165, 1.54) is 75.8 Å². The lowest BCUT2D eigenvalue weighted by molar-refractivity contribution is 0.660. The van der Waals surface area contributed by atoms with Crippen LogP contribution >= 0.6 is 11.3 Å². The van der Waals surface area contributed by atoms with Crippen LogP contribution in [0, 0.1) is 0 Å². The maximum absolute atomic E-state index is 2.46. The van der Waals surface area contributed by atoms with E-state index in [4.69, 9.17) is 0 Å². The van der Waals surface area contributed by atoms with E-state index in [1.54, 1.807) is 0 Å². The molecule has 0 saturated heterocycles. The minimum atomic E-state index is -0.0550. The lowest BCUT2D eigenvalue weighted by atomic mass is 9.82. The zero-order valence-electron chi connectivity index (χ0n) is 29.8. The first-order chi connectivity index (χ1) is 26.0. The highest BCUT2D eigenvalue weighted by Gasteiger charge is 2.35. The maximum Gasteiger partial charge on any atom is 0.0540 e. The smallest absolute Gasteiger partial charge is 0.0540 e. The van der Waals surface area contributed by atoms with Crippen molar-refractivity contribution in [3.8, 4) is 44.5 Å². The number of anilines is 3. The molecule has 0 atom stereocenters. The summed E-state index contributed by atoms with van der Waals surface area (Å²) < 4.78 is 2.63. The quantitative estimate of drug-likeness (QED) is 0.167. The van der Waals surface area contributed by atoms with Gasteiger partial charge < -0.3 is 4.90 Å². The topological polar surface area (TPSA) is 3.24 Å². The summed E-state index contributed by atoms with van der Waals surface area (Å²) in [6.45, 7) is 4.70. The van der Waals surface area contributed by atoms with Gasteiger partial charge in [-0.25, -0.2) is 0 Å². The third-order valence-corrected chi connectivity index (χ3v) is 12.2. The Morgan fingerprint density at radius 1 is 0.396 bits per heavy atom. The van der Waals surface area contributed by atoms with E-state index in [9.17, 15) is 0 Å². The molecule has 0 radical (unpaired) electrons. The second-order valence-corrected chi connectivity index (χ2v) is 15.6. The van der Waals surface area contributed by atoms with Crippen LogP contribution in [0.5, 0.6) is 0 Å². The minimum absolute atomic E-state index is 0.0550. The number of rotatable bonds is 6. The van der Waals surface area contributed by atoms with Gasteiger partial charge in [0, 0.05) is 42.5 Å². The molecule has 1 aromatic heterocycles. The van der Waals surface area contributed by atoms with Crippen molar-refractivity contribution in [2.45, 2.75) is 19.3 Å². The van der Waals surface area contributed by atoms with Gasteiger partial charge in [0.15, 0.2) is 0 Å². The van der Waals surface area contributed by atoms with Gasteiger partial charge >= 0.3 is 0 Å². The molecule has 1 nitrogen and oxygen atoms in total. The molecule has 0 spiro atoms. The van der Waals surface area contributed by atoms with Crippen molar-refractivity contribution >= 4 is 48.6 Å². The van der Waals surface area contributed by atoms with Crippen molar-refractivity contribution in [2.75, 3.05) is 4.90 Å². The van der Waals surface area contributed by atoms with Gasteiger partial charge in [-0.15, -0.1) is 11.3 Å². The van der Waals surface area contributed by atoms with E-state index in [0.717, 1.165) is 17.1 Å². The van der Waals surface area contributed by atoms with Gasteiger partial charge in [-0.3, -0.25) is 0 Å². The summed E-state index contributed by atoms with van der Waals surface area (Å²) in [4.78, 5) is 2.46. The van der Waals surface area contributed by atoms with Crippen LogP contribution < -0.4 is 4.90 Å². The fraction of sp³-hybridized carbons (Fsp3) is 0.0588. The number of para-hydroxylation sites is 1. The summed E-state index contributed by atoms with van der Waals surface area (Å²) >= 11 is 1.87. The standard InChI is InChI=1S/C51H37NS/c1-51(2)45-19-9-6-15-40(45)44-33-39(31-32-46(44)51)52(38-29-27-37(28-30-38)36-25-23-35(24-26-36)34-13-4-3-5-14-34)47-20-10-7-16-41(47)42-18-12-22-49-50(42)43-17-8-11-21-48(43)53-49/h3-33H,1-2H3. The Labute approximate surface area is 315 Å². The monoisotopic (exact) mass is 695 g/mol. The molecular formula is C51H37NS. The molecule has 8 aromatic carbocycles. The fourth-order valence-corrected chi connectivity index (χ4v) is 9.59. The van der Waals surface area contributed by atoms with Crippen molar-refractivity contribution in [2.24, 2.45) is 0 Å². The zero-order valence-corrected chi connectivity index (χ0v) is 30.6. The Hall–Kier alpha value is -6.22. The molecule has 1 heterocycles. The number of thiophene rings is 1. The Morgan fingerprint density at radius 2 is 0.943 bits per heavy atom. The average Bonchev–Trinajstić information content (AvgIpc) is 3.71. The Morgan fingerprint density at radius 3 is 1.72 bits per heavy atom. The zero-order chi connectivity index (χ0) is 35.5. The van der Waals surface area contributed by atoms with E-state index in [-0.39, 0.29) is 5.41 Å². The average molecular weight is 696 g/mol. The first-order valence-electron chi connectivity index (χ1n) is 18.3. The predicted octanol–water partition coefficient (Wildman–Crippen LogP) is 14.8. The van der Waals surface area contributed by atoms with Crippen LogP contribution in [0.25, 0.3) is 64.7 Å². The highest BCUT2D eigenvalue weighted by Crippen LogP contribution is 2.52. The summed E-state index contributed by atoms with van der Waals surface area (Å²) in [5.41, 5.74) is 16.1. The van der Waals surface area contributed by atoms with Crippen LogP contribution in [0.3, 0.4) is 0 Å². The molecule has 252 valence electrons. The van der Waals surface area contributed by atoms with Crippen LogP contribution in [-0.4, -0.2) is 0 Å². The van der Waals surface area contributed by atoms with Crippen LogP contribution in [-0.2, 0) is 5.41 Å². The molecule has 0 fully saturated rings. The molecule has 0 N–H and O–H groups in total. The summed E-state index contributed by atoms with van der Waals surface area (Å²) in [5, 5.41) is 2.63. The van der Waals surface area contributed by atoms with Crippen LogP contribution in [0.4, 0.5) is 17.1 Å². The molecule has 0 unspecified atom stereocenters. The van der Waals surface area contributed by atoms with Crippen LogP contribution in [0.1, 0.15) is 25.0 Å². The number of nitrogens with zero attached hydrogens (tertiary/aromatic N) is 1. The maximum atomic E-state index is 2.46. The molecule has 0 aliphatic heterocycles. The molecule has 2 heteroatoms. The summed E-state index contributed by atoms with van der Waals surface area (Å²) in [5.74, 6) is 0. The van der Waals surface area contributed by atoms with Crippen molar-refractivity contribution in [1.29, 1.82) is 0 Å². The van der Waals surface area contributed by atoms with Gasteiger partial charge in [0.25, 0.3) is 0 Å². The van der Waals surface area contributed by atoms with Gasteiger partial charge in [-0.05, 0) is 92.5 Å². The SMILES string of the molecule is CC1(C)c2ccccc2-c2cc(N(c3ccc(-c4ccc(-c5ccccc5)cc4)cc3)c3ccccc3-c3cccc4sc5ccccc5c34)ccc21. The largest absolute Gasteiger partial charge is 0.310 e. The number of hydrogen-bond donors (Lipinski definition) is 0. The van der Waals surface area contributed by atoms with Gasteiger partial charge in [0.05, 0.1) is 5.69 Å². The lowest BCUT2D eigenvalue weighted by Crippen LogP contribution is -2.15. The first-order valence-corrected chi connectivity index (χ1v) is 19.2.